The lowest BCUT2D eigenvalue weighted by molar-refractivity contribution is 0.151. The summed E-state index contributed by atoms with van der Waals surface area (Å²) in [6.07, 6.45) is -0.449. The fraction of sp³-hybridized carbons (Fsp3) is 0.412. The summed E-state index contributed by atoms with van der Waals surface area (Å²) >= 11 is 1.54. The molecule has 0 radical (unpaired) electrons. The monoisotopic (exact) mass is 364 g/mol. The van der Waals surface area contributed by atoms with E-state index in [1.54, 1.807) is 11.6 Å². The third kappa shape index (κ3) is 5.35. The van der Waals surface area contributed by atoms with E-state index < -0.39 is 14.2 Å². The van der Waals surface area contributed by atoms with Crippen molar-refractivity contribution in [1.82, 2.24) is 10.3 Å². The van der Waals surface area contributed by atoms with Gasteiger partial charge in [0.15, 0.2) is 0 Å². The van der Waals surface area contributed by atoms with Gasteiger partial charge >= 0.3 is 6.09 Å². The fourth-order valence-corrected chi connectivity index (χ4v) is 3.62. The zero-order valence-electron chi connectivity index (χ0n) is 14.5. The third-order valence-corrected chi connectivity index (χ3v) is 6.28. The molecule has 2 N–H and O–H groups in total. The van der Waals surface area contributed by atoms with E-state index in [-0.39, 0.29) is 12.3 Å². The molecule has 0 atom stereocenters. The number of ether oxygens (including phenoxy) is 1. The van der Waals surface area contributed by atoms with Gasteiger partial charge in [0.05, 0.1) is 22.7 Å². The second-order valence-corrected chi connectivity index (χ2v) is 13.4. The molecule has 0 fully saturated rings. The Morgan fingerprint density at radius 1 is 1.38 bits per heavy atom. The first-order valence-corrected chi connectivity index (χ1v) is 12.5. The molecule has 1 aromatic heterocycles. The van der Waals surface area contributed by atoms with Crippen LogP contribution in [0.4, 0.5) is 4.79 Å². The van der Waals surface area contributed by atoms with Crippen LogP contribution >= 0.6 is 11.3 Å². The fourth-order valence-electron chi connectivity index (χ4n) is 2.10. The van der Waals surface area contributed by atoms with Crippen molar-refractivity contribution in [2.24, 2.45) is 0 Å². The SMILES string of the molecule is Cc1ncsc1-c1ccc(CNC(=O)OCC[Si](C)(C)C)c(O)c1. The first kappa shape index (κ1) is 18.5. The molecule has 7 heteroatoms. The molecule has 130 valence electrons. The van der Waals surface area contributed by atoms with Crippen molar-refractivity contribution in [2.45, 2.75) is 39.2 Å². The number of carbonyl (C=O) groups excluding carboxylic acids is 1. The molecule has 0 aliphatic heterocycles. The number of aryl methyl sites for hydroxylation is 1. The number of aromatic nitrogens is 1. The average molecular weight is 365 g/mol. The van der Waals surface area contributed by atoms with Crippen molar-refractivity contribution in [3.8, 4) is 16.2 Å². The van der Waals surface area contributed by atoms with E-state index in [0.29, 0.717) is 12.2 Å². The summed E-state index contributed by atoms with van der Waals surface area (Å²) in [5.74, 6) is 0.155. The Morgan fingerprint density at radius 3 is 2.71 bits per heavy atom. The van der Waals surface area contributed by atoms with Crippen LogP contribution in [0, 0.1) is 6.92 Å². The van der Waals surface area contributed by atoms with Crippen molar-refractivity contribution in [1.29, 1.82) is 0 Å². The maximum Gasteiger partial charge on any atom is 0.407 e. The van der Waals surface area contributed by atoms with E-state index in [0.717, 1.165) is 22.2 Å². The van der Waals surface area contributed by atoms with E-state index in [4.69, 9.17) is 4.74 Å². The molecule has 1 amide bonds. The summed E-state index contributed by atoms with van der Waals surface area (Å²) < 4.78 is 5.17. The number of alkyl carbamates (subject to hydrolysis) is 1. The van der Waals surface area contributed by atoms with Crippen LogP contribution in [0.25, 0.3) is 10.4 Å². The Kier molecular flexibility index (Phi) is 6.01. The van der Waals surface area contributed by atoms with E-state index in [9.17, 15) is 9.90 Å². The molecule has 0 bridgehead atoms. The Hall–Kier alpha value is -1.86. The summed E-state index contributed by atoms with van der Waals surface area (Å²) in [7, 11) is -1.21. The Balaban J connectivity index is 1.89. The minimum Gasteiger partial charge on any atom is -0.508 e. The second kappa shape index (κ2) is 7.81. The maximum atomic E-state index is 11.7. The topological polar surface area (TPSA) is 71.5 Å². The van der Waals surface area contributed by atoms with Crippen LogP contribution in [0.5, 0.6) is 5.75 Å². The van der Waals surface area contributed by atoms with Crippen LogP contribution in [0.15, 0.2) is 23.7 Å². The van der Waals surface area contributed by atoms with Crippen LogP contribution in [0.3, 0.4) is 0 Å². The standard InChI is InChI=1S/C17H24N2O3SSi/c1-12-16(23-11-19-12)13-5-6-14(15(20)9-13)10-18-17(21)22-7-8-24(2,3)4/h5-6,9,11,20H,7-8,10H2,1-4H3,(H,18,21). The van der Waals surface area contributed by atoms with Crippen molar-refractivity contribution in [3.05, 3.63) is 35.0 Å². The highest BCUT2D eigenvalue weighted by Gasteiger charge is 2.14. The molecular weight excluding hydrogens is 340 g/mol. The van der Waals surface area contributed by atoms with Crippen LogP contribution in [-0.2, 0) is 11.3 Å². The Labute approximate surface area is 147 Å². The summed E-state index contributed by atoms with van der Waals surface area (Å²) in [4.78, 5) is 17.0. The quantitative estimate of drug-likeness (QED) is 0.746. The van der Waals surface area contributed by atoms with Gasteiger partial charge in [-0.05, 0) is 24.6 Å². The number of nitrogens with one attached hydrogen (secondary N) is 1. The molecule has 1 heterocycles. The van der Waals surface area contributed by atoms with Gasteiger partial charge in [0.25, 0.3) is 0 Å². The first-order chi connectivity index (χ1) is 11.3. The summed E-state index contributed by atoms with van der Waals surface area (Å²) in [5.41, 5.74) is 4.31. The lowest BCUT2D eigenvalue weighted by Gasteiger charge is -2.15. The van der Waals surface area contributed by atoms with E-state index in [1.165, 1.54) is 11.3 Å². The molecule has 24 heavy (non-hydrogen) atoms. The molecule has 2 rings (SSSR count). The van der Waals surface area contributed by atoms with Gasteiger partial charge in [-0.1, -0.05) is 31.8 Å². The molecule has 1 aromatic carbocycles. The molecule has 0 unspecified atom stereocenters. The zero-order chi connectivity index (χ0) is 17.7. The molecule has 2 aromatic rings. The Bertz CT molecular complexity index is 710. The van der Waals surface area contributed by atoms with E-state index >= 15 is 0 Å². The molecule has 0 saturated heterocycles. The van der Waals surface area contributed by atoms with Crippen molar-refractivity contribution in [3.63, 3.8) is 0 Å². The number of thiazole rings is 1. The number of hydrogen-bond acceptors (Lipinski definition) is 5. The van der Waals surface area contributed by atoms with Gasteiger partial charge in [0.1, 0.15) is 5.75 Å². The Morgan fingerprint density at radius 2 is 2.12 bits per heavy atom. The lowest BCUT2D eigenvalue weighted by Crippen LogP contribution is -2.27. The molecular formula is C17H24N2O3SSi. The van der Waals surface area contributed by atoms with Crippen molar-refractivity contribution >= 4 is 25.5 Å². The lowest BCUT2D eigenvalue weighted by atomic mass is 10.1. The number of carbonyl (C=O) groups is 1. The van der Waals surface area contributed by atoms with Crippen LogP contribution in [-0.4, -0.2) is 30.9 Å². The van der Waals surface area contributed by atoms with Gasteiger partial charge in [-0.3, -0.25) is 0 Å². The highest BCUT2D eigenvalue weighted by Crippen LogP contribution is 2.31. The number of benzene rings is 1. The number of hydrogen-bond donors (Lipinski definition) is 2. The van der Waals surface area contributed by atoms with Gasteiger partial charge < -0.3 is 15.2 Å². The highest BCUT2D eigenvalue weighted by atomic mass is 32.1. The van der Waals surface area contributed by atoms with Crippen LogP contribution < -0.4 is 5.32 Å². The number of amides is 1. The molecule has 5 nitrogen and oxygen atoms in total. The zero-order valence-corrected chi connectivity index (χ0v) is 16.4. The molecule has 0 aliphatic rings. The third-order valence-electron chi connectivity index (χ3n) is 3.60. The summed E-state index contributed by atoms with van der Waals surface area (Å²) in [6.45, 7) is 9.32. The van der Waals surface area contributed by atoms with Crippen molar-refractivity contribution in [2.75, 3.05) is 6.61 Å². The number of nitrogens with zero attached hydrogens (tertiary/aromatic N) is 1. The molecule has 0 aliphatic carbocycles. The van der Waals surface area contributed by atoms with Crippen LogP contribution in [0.1, 0.15) is 11.3 Å². The maximum absolute atomic E-state index is 11.7. The summed E-state index contributed by atoms with van der Waals surface area (Å²) in [5, 5.41) is 12.9. The van der Waals surface area contributed by atoms with Gasteiger partial charge in [0, 0.05) is 20.2 Å². The number of phenolic OH excluding ortho intramolecular Hbond substituents is 1. The highest BCUT2D eigenvalue weighted by molar-refractivity contribution is 7.13. The number of rotatable bonds is 6. The minimum atomic E-state index is -1.21. The predicted octanol–water partition coefficient (Wildman–Crippen LogP) is 4.39. The van der Waals surface area contributed by atoms with Gasteiger partial charge in [-0.25, -0.2) is 9.78 Å². The predicted molar refractivity (Wildman–Crippen MR) is 100 cm³/mol. The summed E-state index contributed by atoms with van der Waals surface area (Å²) in [6, 6.07) is 6.38. The van der Waals surface area contributed by atoms with Crippen molar-refractivity contribution < 1.29 is 14.6 Å². The minimum absolute atomic E-state index is 0.155. The van der Waals surface area contributed by atoms with Gasteiger partial charge in [0.2, 0.25) is 0 Å². The molecule has 0 saturated carbocycles. The molecule has 0 spiro atoms. The number of aromatic hydroxyl groups is 1. The van der Waals surface area contributed by atoms with Crippen LogP contribution in [0.2, 0.25) is 25.7 Å². The van der Waals surface area contributed by atoms with Gasteiger partial charge in [-0.2, -0.15) is 0 Å². The smallest absolute Gasteiger partial charge is 0.407 e. The largest absolute Gasteiger partial charge is 0.508 e. The average Bonchev–Trinajstić information content (AvgIpc) is 2.90. The number of phenols is 1. The second-order valence-electron chi connectivity index (χ2n) is 6.91. The van der Waals surface area contributed by atoms with Gasteiger partial charge in [-0.15, -0.1) is 11.3 Å². The van der Waals surface area contributed by atoms with E-state index in [1.807, 2.05) is 19.1 Å². The first-order valence-electron chi connectivity index (χ1n) is 7.89. The van der Waals surface area contributed by atoms with E-state index in [2.05, 4.69) is 29.9 Å². The normalized spacial score (nSPS) is 11.3.